The fourth-order valence-electron chi connectivity index (χ4n) is 2.90. The third-order valence-corrected chi connectivity index (χ3v) is 4.57. The molecule has 1 N–H and O–H groups in total. The molecule has 0 unspecified atom stereocenters. The van der Waals surface area contributed by atoms with E-state index in [1.807, 2.05) is 0 Å². The minimum absolute atomic E-state index is 0.0561. The third kappa shape index (κ3) is 3.62. The minimum Gasteiger partial charge on any atom is -0.367 e. The van der Waals surface area contributed by atoms with Crippen LogP contribution in [0.15, 0.2) is 36.7 Å². The Morgan fingerprint density at radius 2 is 2.11 bits per heavy atom. The van der Waals surface area contributed by atoms with Gasteiger partial charge >= 0.3 is 6.18 Å². The van der Waals surface area contributed by atoms with Crippen molar-refractivity contribution in [1.29, 1.82) is 0 Å². The molecule has 0 bridgehead atoms. The molecule has 0 aliphatic heterocycles. The van der Waals surface area contributed by atoms with E-state index in [0.717, 1.165) is 31.4 Å². The molecule has 0 saturated heterocycles. The summed E-state index contributed by atoms with van der Waals surface area (Å²) in [5.74, 6) is 0.153. The molecule has 1 aliphatic rings. The minimum atomic E-state index is -4.49. The Hall–Kier alpha value is -2.97. The maximum absolute atomic E-state index is 13.2. The van der Waals surface area contributed by atoms with Crippen LogP contribution in [-0.2, 0) is 12.6 Å². The number of fused-ring (bicyclic) bond motifs is 1. The van der Waals surface area contributed by atoms with Crippen LogP contribution in [0.25, 0.3) is 5.65 Å². The third-order valence-electron chi connectivity index (χ3n) is 4.57. The van der Waals surface area contributed by atoms with Crippen LogP contribution in [0.3, 0.4) is 0 Å². The number of hydrogen-bond donors (Lipinski definition) is 1. The maximum Gasteiger partial charge on any atom is 0.416 e. The number of pyridine rings is 2. The van der Waals surface area contributed by atoms with Crippen LogP contribution >= 0.6 is 0 Å². The number of nitrogens with zero attached hydrogens (tertiary/aromatic N) is 4. The van der Waals surface area contributed by atoms with Crippen LogP contribution in [0.4, 0.5) is 19.0 Å². The van der Waals surface area contributed by atoms with E-state index in [4.69, 9.17) is 0 Å². The molecule has 0 amide bonds. The fourth-order valence-corrected chi connectivity index (χ4v) is 2.90. The van der Waals surface area contributed by atoms with Gasteiger partial charge in [0.25, 0.3) is 0 Å². The van der Waals surface area contributed by atoms with Gasteiger partial charge in [0.2, 0.25) is 0 Å². The van der Waals surface area contributed by atoms with Crippen molar-refractivity contribution in [3.05, 3.63) is 53.6 Å². The first kappa shape index (κ1) is 17.4. The number of rotatable bonds is 5. The average Bonchev–Trinajstić information content (AvgIpc) is 3.00. The van der Waals surface area contributed by atoms with Crippen LogP contribution in [0.5, 0.6) is 0 Å². The van der Waals surface area contributed by atoms with E-state index in [9.17, 15) is 18.0 Å². The standard InChI is InChI=1S/C18H16F3N5O/c19-18(20,21)12-7-16(23-13-4-1-5-13)26-17(8-12)24-15(25-26)9-14(27)11-3-2-6-22-10-11/h2-3,6-8,10,13,23H,1,4-5,9H2. The molecule has 0 aromatic carbocycles. The number of nitrogens with one attached hydrogen (secondary N) is 1. The van der Waals surface area contributed by atoms with Crippen molar-refractivity contribution in [2.45, 2.75) is 37.9 Å². The average molecular weight is 375 g/mol. The molecule has 1 fully saturated rings. The van der Waals surface area contributed by atoms with E-state index in [1.165, 1.54) is 10.7 Å². The first-order valence-electron chi connectivity index (χ1n) is 8.57. The predicted molar refractivity (Wildman–Crippen MR) is 91.5 cm³/mol. The van der Waals surface area contributed by atoms with Gasteiger partial charge in [-0.05, 0) is 43.5 Å². The van der Waals surface area contributed by atoms with Crippen LogP contribution < -0.4 is 5.32 Å². The zero-order valence-electron chi connectivity index (χ0n) is 14.2. The zero-order chi connectivity index (χ0) is 19.0. The lowest BCUT2D eigenvalue weighted by molar-refractivity contribution is -0.137. The van der Waals surface area contributed by atoms with Gasteiger partial charge in [0.05, 0.1) is 12.0 Å². The largest absolute Gasteiger partial charge is 0.416 e. The normalized spacial score (nSPS) is 14.9. The van der Waals surface area contributed by atoms with Crippen molar-refractivity contribution in [2.24, 2.45) is 0 Å². The second-order valence-corrected chi connectivity index (χ2v) is 6.54. The molecule has 27 heavy (non-hydrogen) atoms. The summed E-state index contributed by atoms with van der Waals surface area (Å²) in [5.41, 5.74) is -0.338. The topological polar surface area (TPSA) is 72.2 Å². The number of aromatic nitrogens is 4. The number of ketones is 1. The maximum atomic E-state index is 13.2. The molecule has 140 valence electrons. The van der Waals surface area contributed by atoms with Gasteiger partial charge in [-0.25, -0.2) is 4.98 Å². The Bertz CT molecular complexity index is 980. The Kier molecular flexibility index (Phi) is 4.29. The molecule has 0 atom stereocenters. The van der Waals surface area contributed by atoms with Crippen molar-refractivity contribution >= 4 is 17.2 Å². The predicted octanol–water partition coefficient (Wildman–Crippen LogP) is 3.53. The summed E-state index contributed by atoms with van der Waals surface area (Å²) in [4.78, 5) is 20.3. The molecular weight excluding hydrogens is 359 g/mol. The smallest absolute Gasteiger partial charge is 0.367 e. The van der Waals surface area contributed by atoms with Gasteiger partial charge < -0.3 is 5.32 Å². The quantitative estimate of drug-likeness (QED) is 0.691. The second-order valence-electron chi connectivity index (χ2n) is 6.54. The number of halogens is 3. The van der Waals surface area contributed by atoms with E-state index in [2.05, 4.69) is 20.4 Å². The van der Waals surface area contributed by atoms with Crippen molar-refractivity contribution < 1.29 is 18.0 Å². The number of anilines is 1. The van der Waals surface area contributed by atoms with Crippen molar-refractivity contribution in [2.75, 3.05) is 5.32 Å². The first-order chi connectivity index (χ1) is 12.9. The Morgan fingerprint density at radius 3 is 2.74 bits per heavy atom. The molecule has 1 saturated carbocycles. The van der Waals surface area contributed by atoms with Crippen LogP contribution in [0.2, 0.25) is 0 Å². The zero-order valence-corrected chi connectivity index (χ0v) is 14.2. The van der Waals surface area contributed by atoms with Crippen LogP contribution in [-0.4, -0.2) is 31.4 Å². The number of Topliss-reactive ketones (excluding diaryl/α,β-unsaturated/α-hetero) is 1. The molecular formula is C18H16F3N5O. The molecule has 0 spiro atoms. The molecule has 0 radical (unpaired) electrons. The lowest BCUT2D eigenvalue weighted by Gasteiger charge is -2.27. The van der Waals surface area contributed by atoms with Gasteiger partial charge in [0.15, 0.2) is 17.3 Å². The summed E-state index contributed by atoms with van der Waals surface area (Å²) >= 11 is 0. The first-order valence-corrected chi connectivity index (χ1v) is 8.57. The Balaban J connectivity index is 1.69. The highest BCUT2D eigenvalue weighted by Crippen LogP contribution is 2.33. The van der Waals surface area contributed by atoms with E-state index >= 15 is 0 Å². The fraction of sp³-hybridized carbons (Fsp3) is 0.333. The Morgan fingerprint density at radius 1 is 1.30 bits per heavy atom. The van der Waals surface area contributed by atoms with Gasteiger partial charge in [-0.15, -0.1) is 5.10 Å². The van der Waals surface area contributed by atoms with Gasteiger partial charge in [0, 0.05) is 24.0 Å². The summed E-state index contributed by atoms with van der Waals surface area (Å²) in [6, 6.07) is 5.36. The van der Waals surface area contributed by atoms with E-state index in [1.54, 1.807) is 18.3 Å². The highest BCUT2D eigenvalue weighted by molar-refractivity contribution is 5.96. The van der Waals surface area contributed by atoms with Crippen LogP contribution in [0.1, 0.15) is 41.0 Å². The SMILES string of the molecule is O=C(Cc1nc2cc(C(F)(F)F)cc(NC3CCC3)n2n1)c1cccnc1. The van der Waals surface area contributed by atoms with E-state index in [-0.39, 0.29) is 35.5 Å². The summed E-state index contributed by atoms with van der Waals surface area (Å²) < 4.78 is 41.0. The summed E-state index contributed by atoms with van der Waals surface area (Å²) in [6.07, 6.45) is 1.23. The molecule has 3 aromatic heterocycles. The molecule has 9 heteroatoms. The van der Waals surface area contributed by atoms with E-state index < -0.39 is 11.7 Å². The highest BCUT2D eigenvalue weighted by atomic mass is 19.4. The summed E-state index contributed by atoms with van der Waals surface area (Å²) in [6.45, 7) is 0. The van der Waals surface area contributed by atoms with Crippen molar-refractivity contribution in [3.8, 4) is 0 Å². The number of carbonyl (C=O) groups excluding carboxylic acids is 1. The molecule has 1 aliphatic carbocycles. The molecule has 3 aromatic rings. The molecule has 6 nitrogen and oxygen atoms in total. The summed E-state index contributed by atoms with van der Waals surface area (Å²) in [5, 5.41) is 7.34. The summed E-state index contributed by atoms with van der Waals surface area (Å²) in [7, 11) is 0. The number of carbonyl (C=O) groups is 1. The molecule has 4 rings (SSSR count). The van der Waals surface area contributed by atoms with Crippen LogP contribution in [0, 0.1) is 0 Å². The van der Waals surface area contributed by atoms with E-state index in [0.29, 0.717) is 5.56 Å². The monoisotopic (exact) mass is 375 g/mol. The molecule has 3 heterocycles. The highest BCUT2D eigenvalue weighted by Gasteiger charge is 2.32. The van der Waals surface area contributed by atoms with Crippen molar-refractivity contribution in [3.63, 3.8) is 0 Å². The number of alkyl halides is 3. The van der Waals surface area contributed by atoms with Gasteiger partial charge in [-0.2, -0.15) is 17.7 Å². The van der Waals surface area contributed by atoms with Gasteiger partial charge in [-0.1, -0.05) is 0 Å². The van der Waals surface area contributed by atoms with Crippen molar-refractivity contribution in [1.82, 2.24) is 19.6 Å². The lowest BCUT2D eigenvalue weighted by atomic mass is 9.93. The Labute approximate surface area is 152 Å². The lowest BCUT2D eigenvalue weighted by Crippen LogP contribution is -2.28. The van der Waals surface area contributed by atoms with Gasteiger partial charge in [-0.3, -0.25) is 9.78 Å². The second kappa shape index (κ2) is 6.64. The number of hydrogen-bond acceptors (Lipinski definition) is 5. The van der Waals surface area contributed by atoms with Gasteiger partial charge in [0.1, 0.15) is 5.82 Å².